The highest BCUT2D eigenvalue weighted by molar-refractivity contribution is 5.77. The molecule has 25 heavy (non-hydrogen) atoms. The molecule has 10 atom stereocenters. The lowest BCUT2D eigenvalue weighted by Gasteiger charge is -2.38. The second-order valence-electron chi connectivity index (χ2n) is 6.44. The summed E-state index contributed by atoms with van der Waals surface area (Å²) in [5, 5.41) is 80.5. The van der Waals surface area contributed by atoms with Crippen molar-refractivity contribution in [2.75, 3.05) is 13.2 Å². The molecule has 2 unspecified atom stereocenters. The fourth-order valence-electron chi connectivity index (χ4n) is 3.35. The predicted octanol–water partition coefficient (Wildman–Crippen LogP) is -6.04. The average molecular weight is 366 g/mol. The minimum atomic E-state index is -2.07. The number of aliphatic hydroxyl groups is 8. The first kappa shape index (κ1) is 18.7. The highest BCUT2D eigenvalue weighted by Crippen LogP contribution is 2.36. The summed E-state index contributed by atoms with van der Waals surface area (Å²) in [6.45, 7) is -1.48. The number of nitrogens with one attached hydrogen (secondary N) is 1. The SMILES string of the molecule is OC[C@H]1O[C@H](/N=C2\N[C@@H]3[C@H](O2)[C@@H](O)[C@H](O)[C@]3(O)CO)C(O)C(O)[C@@H]1O. The van der Waals surface area contributed by atoms with Crippen LogP contribution >= 0.6 is 0 Å². The summed E-state index contributed by atoms with van der Waals surface area (Å²) in [7, 11) is 0. The van der Waals surface area contributed by atoms with Crippen LogP contribution in [-0.4, -0.2) is 121 Å². The molecule has 0 spiro atoms. The van der Waals surface area contributed by atoms with Crippen LogP contribution in [0, 0.1) is 0 Å². The van der Waals surface area contributed by atoms with Gasteiger partial charge in [-0.25, -0.2) is 4.99 Å². The molecule has 3 rings (SSSR count). The molecule has 12 nitrogen and oxygen atoms in total. The normalized spacial score (nSPS) is 54.2. The molecule has 0 bridgehead atoms. The average Bonchev–Trinajstić information content (AvgIpc) is 3.10. The zero-order valence-electron chi connectivity index (χ0n) is 13.0. The van der Waals surface area contributed by atoms with E-state index in [2.05, 4.69) is 10.3 Å². The fraction of sp³-hybridized carbons (Fsp3) is 0.923. The third kappa shape index (κ3) is 2.79. The van der Waals surface area contributed by atoms with E-state index in [4.69, 9.17) is 14.6 Å². The molecule has 2 aliphatic heterocycles. The van der Waals surface area contributed by atoms with Gasteiger partial charge in [-0.3, -0.25) is 0 Å². The van der Waals surface area contributed by atoms with Crippen LogP contribution in [0.1, 0.15) is 0 Å². The summed E-state index contributed by atoms with van der Waals surface area (Å²) in [6.07, 6.45) is -11.6. The maximum absolute atomic E-state index is 10.3. The van der Waals surface area contributed by atoms with Gasteiger partial charge >= 0.3 is 0 Å². The van der Waals surface area contributed by atoms with Crippen LogP contribution in [0.4, 0.5) is 0 Å². The largest absolute Gasteiger partial charge is 0.457 e. The number of aliphatic imine (C=N–C) groups is 1. The minimum Gasteiger partial charge on any atom is -0.457 e. The Kier molecular flexibility index (Phi) is 4.91. The molecule has 0 aromatic rings. The predicted molar refractivity (Wildman–Crippen MR) is 77.0 cm³/mol. The van der Waals surface area contributed by atoms with Crippen molar-refractivity contribution in [3.63, 3.8) is 0 Å². The second-order valence-corrected chi connectivity index (χ2v) is 6.44. The van der Waals surface area contributed by atoms with E-state index in [-0.39, 0.29) is 6.02 Å². The van der Waals surface area contributed by atoms with Crippen LogP contribution < -0.4 is 5.32 Å². The van der Waals surface area contributed by atoms with Gasteiger partial charge in [0.05, 0.1) is 13.2 Å². The summed E-state index contributed by atoms with van der Waals surface area (Å²) in [6, 6.07) is -1.34. The Morgan fingerprint density at radius 3 is 2.28 bits per heavy atom. The molecular formula is C13H22N2O10. The van der Waals surface area contributed by atoms with E-state index >= 15 is 0 Å². The fourth-order valence-corrected chi connectivity index (χ4v) is 3.35. The van der Waals surface area contributed by atoms with Crippen molar-refractivity contribution in [3.8, 4) is 0 Å². The molecular weight excluding hydrogens is 344 g/mol. The summed E-state index contributed by atoms with van der Waals surface area (Å²) < 4.78 is 10.5. The van der Waals surface area contributed by atoms with E-state index in [0.29, 0.717) is 0 Å². The van der Waals surface area contributed by atoms with Gasteiger partial charge in [-0.1, -0.05) is 0 Å². The van der Waals surface area contributed by atoms with E-state index in [1.165, 1.54) is 0 Å². The van der Waals surface area contributed by atoms with Crippen molar-refractivity contribution >= 4 is 6.02 Å². The number of hydrogen-bond acceptors (Lipinski definition) is 11. The van der Waals surface area contributed by atoms with Crippen LogP contribution in [0.15, 0.2) is 4.99 Å². The zero-order valence-corrected chi connectivity index (χ0v) is 13.0. The first-order valence-electron chi connectivity index (χ1n) is 7.75. The van der Waals surface area contributed by atoms with Crippen LogP contribution in [0.3, 0.4) is 0 Å². The Hall–Kier alpha value is -1.09. The highest BCUT2D eigenvalue weighted by atomic mass is 16.6. The van der Waals surface area contributed by atoms with Crippen molar-refractivity contribution in [2.45, 2.75) is 60.6 Å². The number of aliphatic hydroxyl groups excluding tert-OH is 7. The van der Waals surface area contributed by atoms with Gasteiger partial charge < -0.3 is 55.6 Å². The van der Waals surface area contributed by atoms with Crippen molar-refractivity contribution in [3.05, 3.63) is 0 Å². The standard InChI is InChI=1S/C13H22N2O10/c16-1-3-4(18)5(19)6(20)11(24-3)15-12-14-9-8(25-12)7(21)10(22)13(9,23)2-17/h3-11,16-23H,1-2H2,(H,14,15)/t3-,4-,5?,6?,7-,8-,9-,10+,11+,13+/m1/s1. The van der Waals surface area contributed by atoms with Gasteiger partial charge in [0.1, 0.15) is 48.3 Å². The lowest BCUT2D eigenvalue weighted by Crippen LogP contribution is -2.58. The third-order valence-electron chi connectivity index (χ3n) is 4.93. The van der Waals surface area contributed by atoms with Gasteiger partial charge in [0, 0.05) is 0 Å². The van der Waals surface area contributed by atoms with Gasteiger partial charge in [0.15, 0.2) is 12.3 Å². The summed E-state index contributed by atoms with van der Waals surface area (Å²) >= 11 is 0. The van der Waals surface area contributed by atoms with Crippen LogP contribution in [0.2, 0.25) is 0 Å². The van der Waals surface area contributed by atoms with E-state index in [1.807, 2.05) is 0 Å². The zero-order chi connectivity index (χ0) is 18.5. The second kappa shape index (κ2) is 6.57. The summed E-state index contributed by atoms with van der Waals surface area (Å²) in [5.41, 5.74) is -2.07. The molecule has 2 saturated heterocycles. The van der Waals surface area contributed by atoms with E-state index in [0.717, 1.165) is 0 Å². The summed E-state index contributed by atoms with van der Waals surface area (Å²) in [5.74, 6) is 0. The van der Waals surface area contributed by atoms with Crippen molar-refractivity contribution in [1.29, 1.82) is 0 Å². The van der Waals surface area contributed by atoms with Gasteiger partial charge in [0.25, 0.3) is 6.02 Å². The van der Waals surface area contributed by atoms with Crippen LogP contribution in [0.5, 0.6) is 0 Å². The molecule has 0 amide bonds. The minimum absolute atomic E-state index is 0.267. The smallest absolute Gasteiger partial charge is 0.288 e. The van der Waals surface area contributed by atoms with E-state index in [1.54, 1.807) is 0 Å². The van der Waals surface area contributed by atoms with Crippen molar-refractivity contribution in [2.24, 2.45) is 4.99 Å². The molecule has 1 aliphatic carbocycles. The molecule has 9 N–H and O–H groups in total. The van der Waals surface area contributed by atoms with E-state index < -0.39 is 73.8 Å². The van der Waals surface area contributed by atoms with Gasteiger partial charge in [0.2, 0.25) is 0 Å². The number of nitrogens with zero attached hydrogens (tertiary/aromatic N) is 1. The topological polar surface area (TPSA) is 205 Å². The van der Waals surface area contributed by atoms with Gasteiger partial charge in [-0.15, -0.1) is 0 Å². The molecule has 0 aromatic carbocycles. The molecule has 0 radical (unpaired) electrons. The Balaban J connectivity index is 1.78. The van der Waals surface area contributed by atoms with Crippen molar-refractivity contribution in [1.82, 2.24) is 5.32 Å². The molecule has 3 aliphatic rings. The molecule has 2 heterocycles. The van der Waals surface area contributed by atoms with Gasteiger partial charge in [-0.2, -0.15) is 0 Å². The Labute approximate surface area is 141 Å². The number of rotatable bonds is 3. The number of amidine groups is 1. The molecule has 1 saturated carbocycles. The lowest BCUT2D eigenvalue weighted by molar-refractivity contribution is -0.227. The molecule has 144 valence electrons. The summed E-state index contributed by atoms with van der Waals surface area (Å²) in [4.78, 5) is 3.88. The molecule has 0 aromatic heterocycles. The maximum atomic E-state index is 10.3. The van der Waals surface area contributed by atoms with Gasteiger partial charge in [-0.05, 0) is 0 Å². The monoisotopic (exact) mass is 366 g/mol. The Morgan fingerprint density at radius 1 is 1.00 bits per heavy atom. The van der Waals surface area contributed by atoms with Crippen molar-refractivity contribution < 1.29 is 50.3 Å². The van der Waals surface area contributed by atoms with Crippen LogP contribution in [0.25, 0.3) is 0 Å². The van der Waals surface area contributed by atoms with E-state index in [9.17, 15) is 35.7 Å². The first-order chi connectivity index (χ1) is 11.7. The number of hydrogen-bond donors (Lipinski definition) is 9. The Morgan fingerprint density at radius 2 is 1.68 bits per heavy atom. The Bertz CT molecular complexity index is 533. The molecule has 12 heteroatoms. The molecule has 3 fully saturated rings. The first-order valence-corrected chi connectivity index (χ1v) is 7.75. The highest BCUT2D eigenvalue weighted by Gasteiger charge is 2.64. The number of ether oxygens (including phenoxy) is 2. The maximum Gasteiger partial charge on any atom is 0.288 e. The quantitative estimate of drug-likeness (QED) is 0.230. The lowest BCUT2D eigenvalue weighted by atomic mass is 9.96. The number of fused-ring (bicyclic) bond motifs is 1. The van der Waals surface area contributed by atoms with Crippen LogP contribution in [-0.2, 0) is 9.47 Å². The third-order valence-corrected chi connectivity index (χ3v) is 4.93.